The second-order valence-corrected chi connectivity index (χ2v) is 17.7. The van der Waals surface area contributed by atoms with Crippen LogP contribution in [0, 0.1) is 5.92 Å². The average Bonchev–Trinajstić information content (AvgIpc) is 3.15. The summed E-state index contributed by atoms with van der Waals surface area (Å²) in [4.78, 5) is 40.0. The minimum absolute atomic E-state index is 0.0493. The molecule has 1 atom stereocenters. The molecule has 0 bridgehead atoms. The average molecular weight is 778 g/mol. The molecule has 1 heterocycles. The zero-order valence-corrected chi connectivity index (χ0v) is 35.5. The Kier molecular flexibility index (Phi) is 29.1. The number of ether oxygens (including phenoxy) is 3. The van der Waals surface area contributed by atoms with Gasteiger partial charge in [0.05, 0.1) is 13.0 Å². The van der Waals surface area contributed by atoms with Gasteiger partial charge in [-0.25, -0.2) is 0 Å². The Labute approximate surface area is 332 Å². The predicted octanol–water partition coefficient (Wildman–Crippen LogP) is 11.9. The summed E-state index contributed by atoms with van der Waals surface area (Å²) in [6, 6.07) is 7.15. The Bertz CT molecular complexity index is 1060. The van der Waals surface area contributed by atoms with Crippen molar-refractivity contribution in [2.45, 2.75) is 181 Å². The summed E-state index contributed by atoms with van der Waals surface area (Å²) in [5.74, 6) is 3.05. The number of rotatable bonds is 33. The number of benzene rings is 1. The molecular formula is C44H75NO6S2. The van der Waals surface area contributed by atoms with Crippen LogP contribution in [0.1, 0.15) is 174 Å². The topological polar surface area (TPSA) is 82.1 Å². The highest BCUT2D eigenvalue weighted by atomic mass is 33.1. The van der Waals surface area contributed by atoms with Crippen molar-refractivity contribution in [2.24, 2.45) is 5.92 Å². The number of hydrogen-bond acceptors (Lipinski definition) is 9. The number of carbonyl (C=O) groups excluding carboxylic acids is 3. The lowest BCUT2D eigenvalue weighted by atomic mass is 9.94. The molecule has 0 spiro atoms. The number of carbonyl (C=O) groups is 3. The van der Waals surface area contributed by atoms with Gasteiger partial charge in [-0.3, -0.25) is 14.4 Å². The monoisotopic (exact) mass is 778 g/mol. The number of nitrogens with zero attached hydrogens (tertiary/aromatic N) is 1. The van der Waals surface area contributed by atoms with Gasteiger partial charge < -0.3 is 19.1 Å². The van der Waals surface area contributed by atoms with Gasteiger partial charge in [0.1, 0.15) is 11.9 Å². The van der Waals surface area contributed by atoms with E-state index in [1.54, 1.807) is 12.1 Å². The zero-order chi connectivity index (χ0) is 38.2. The van der Waals surface area contributed by atoms with Gasteiger partial charge >= 0.3 is 17.9 Å². The van der Waals surface area contributed by atoms with Crippen LogP contribution in [0.5, 0.6) is 5.75 Å². The summed E-state index contributed by atoms with van der Waals surface area (Å²) < 4.78 is 17.0. The van der Waals surface area contributed by atoms with Crippen LogP contribution in [0.2, 0.25) is 0 Å². The molecule has 1 fully saturated rings. The lowest BCUT2D eigenvalue weighted by Crippen LogP contribution is -2.35. The van der Waals surface area contributed by atoms with Crippen molar-refractivity contribution >= 4 is 39.5 Å². The molecule has 9 heteroatoms. The van der Waals surface area contributed by atoms with Crippen LogP contribution in [-0.4, -0.2) is 66.7 Å². The van der Waals surface area contributed by atoms with Crippen molar-refractivity contribution < 1.29 is 28.6 Å². The van der Waals surface area contributed by atoms with Gasteiger partial charge in [0, 0.05) is 30.9 Å². The van der Waals surface area contributed by atoms with Gasteiger partial charge in [-0.1, -0.05) is 125 Å². The summed E-state index contributed by atoms with van der Waals surface area (Å²) >= 11 is 0. The van der Waals surface area contributed by atoms with Gasteiger partial charge in [0.2, 0.25) is 0 Å². The van der Waals surface area contributed by atoms with E-state index in [4.69, 9.17) is 14.2 Å². The molecule has 304 valence electrons. The van der Waals surface area contributed by atoms with E-state index in [-0.39, 0.29) is 30.4 Å². The fourth-order valence-corrected chi connectivity index (χ4v) is 8.97. The van der Waals surface area contributed by atoms with E-state index in [1.165, 1.54) is 88.7 Å². The first kappa shape index (κ1) is 47.4. The van der Waals surface area contributed by atoms with E-state index in [0.29, 0.717) is 31.1 Å². The Morgan fingerprint density at radius 1 is 0.679 bits per heavy atom. The van der Waals surface area contributed by atoms with Gasteiger partial charge in [0.15, 0.2) is 0 Å². The summed E-state index contributed by atoms with van der Waals surface area (Å²) in [5.41, 5.74) is 0.849. The van der Waals surface area contributed by atoms with E-state index in [1.807, 2.05) is 33.7 Å². The normalized spacial score (nSPS) is 14.2. The van der Waals surface area contributed by atoms with E-state index in [9.17, 15) is 14.4 Å². The maximum atomic E-state index is 12.6. The van der Waals surface area contributed by atoms with Gasteiger partial charge in [0.25, 0.3) is 0 Å². The molecule has 1 aliphatic rings. The first-order chi connectivity index (χ1) is 25.9. The van der Waals surface area contributed by atoms with Crippen LogP contribution in [0.4, 0.5) is 0 Å². The number of esters is 3. The van der Waals surface area contributed by atoms with Crippen LogP contribution < -0.4 is 4.74 Å². The number of hydrogen-bond donors (Lipinski definition) is 0. The molecule has 1 unspecified atom stereocenters. The van der Waals surface area contributed by atoms with Gasteiger partial charge in [-0.05, 0) is 101 Å². The molecule has 53 heavy (non-hydrogen) atoms. The molecule has 0 radical (unpaired) electrons. The van der Waals surface area contributed by atoms with Gasteiger partial charge in [-0.2, -0.15) is 0 Å². The Morgan fingerprint density at radius 3 is 1.89 bits per heavy atom. The van der Waals surface area contributed by atoms with Crippen molar-refractivity contribution in [1.29, 1.82) is 0 Å². The van der Waals surface area contributed by atoms with Crippen molar-refractivity contribution in [3.8, 4) is 5.75 Å². The minimum atomic E-state index is -0.244. The predicted molar refractivity (Wildman–Crippen MR) is 225 cm³/mol. The van der Waals surface area contributed by atoms with Gasteiger partial charge in [-0.15, -0.1) is 0 Å². The Hall–Kier alpha value is -1.71. The second kappa shape index (κ2) is 32.5. The van der Waals surface area contributed by atoms with E-state index < -0.39 is 0 Å². The van der Waals surface area contributed by atoms with Crippen LogP contribution >= 0.6 is 21.6 Å². The maximum Gasteiger partial charge on any atom is 0.311 e. The number of likely N-dealkylation sites (tertiary alicyclic amines) is 1. The van der Waals surface area contributed by atoms with Crippen molar-refractivity contribution in [2.75, 3.05) is 37.7 Å². The lowest BCUT2D eigenvalue weighted by Gasteiger charge is -2.31. The smallest absolute Gasteiger partial charge is 0.311 e. The molecule has 0 N–H and O–H groups in total. The minimum Gasteiger partial charge on any atom is -0.465 e. The zero-order valence-electron chi connectivity index (χ0n) is 33.9. The molecule has 1 aliphatic heterocycles. The summed E-state index contributed by atoms with van der Waals surface area (Å²) in [7, 11) is 3.97. The molecule has 7 nitrogen and oxygen atoms in total. The highest BCUT2D eigenvalue weighted by Crippen LogP contribution is 2.25. The highest BCUT2D eigenvalue weighted by molar-refractivity contribution is 8.76. The standard InChI is InChI=1S/C44H75NO6S2/c1-4-7-9-11-13-17-21-40(20-16-10-8-5-2)50-42(46)22-18-14-12-15-19-23-43(47)51-41-26-24-39(25-27-41)37-44(48)49-34-30-38-28-31-45(32-29-38)33-36-53-52-35-6-3/h24-27,38,40H,4-23,28-37H2,1-3H3. The van der Waals surface area contributed by atoms with E-state index >= 15 is 0 Å². The fraction of sp³-hybridized carbons (Fsp3) is 0.795. The molecular weight excluding hydrogens is 703 g/mol. The summed E-state index contributed by atoms with van der Waals surface area (Å²) in [6.45, 7) is 10.6. The van der Waals surface area contributed by atoms with Crippen molar-refractivity contribution in [3.63, 3.8) is 0 Å². The maximum absolute atomic E-state index is 12.6. The lowest BCUT2D eigenvalue weighted by molar-refractivity contribution is -0.150. The molecule has 0 amide bonds. The molecule has 0 saturated carbocycles. The third kappa shape index (κ3) is 25.9. The van der Waals surface area contributed by atoms with Crippen molar-refractivity contribution in [1.82, 2.24) is 4.90 Å². The molecule has 1 aromatic rings. The molecule has 0 aliphatic carbocycles. The fourth-order valence-electron chi connectivity index (χ4n) is 6.81. The van der Waals surface area contributed by atoms with Crippen LogP contribution in [-0.2, 0) is 30.3 Å². The summed E-state index contributed by atoms with van der Waals surface area (Å²) in [6.07, 6.45) is 24.5. The first-order valence-corrected chi connectivity index (χ1v) is 24.0. The van der Waals surface area contributed by atoms with Crippen molar-refractivity contribution in [3.05, 3.63) is 29.8 Å². The Morgan fingerprint density at radius 2 is 1.25 bits per heavy atom. The van der Waals surface area contributed by atoms with E-state index in [0.717, 1.165) is 82.9 Å². The van der Waals surface area contributed by atoms with E-state index in [2.05, 4.69) is 25.7 Å². The molecule has 0 aromatic heterocycles. The first-order valence-electron chi connectivity index (χ1n) is 21.5. The number of piperidine rings is 1. The van der Waals surface area contributed by atoms with Crippen LogP contribution in [0.15, 0.2) is 24.3 Å². The molecule has 1 saturated heterocycles. The third-order valence-electron chi connectivity index (χ3n) is 10.2. The Balaban J connectivity index is 1.50. The highest BCUT2D eigenvalue weighted by Gasteiger charge is 2.19. The van der Waals surface area contributed by atoms with Crippen LogP contribution in [0.25, 0.3) is 0 Å². The summed E-state index contributed by atoms with van der Waals surface area (Å²) in [5, 5.41) is 0. The molecule has 2 rings (SSSR count). The largest absolute Gasteiger partial charge is 0.465 e. The molecule has 1 aromatic carbocycles. The quantitative estimate of drug-likeness (QED) is 0.0300. The SMILES string of the molecule is CCCCCCCCC(CCCCCC)OC(=O)CCCCCCCC(=O)Oc1ccc(CC(=O)OCCC2CCN(CCSSCCC)CC2)cc1. The third-order valence-corrected chi connectivity index (χ3v) is 12.8. The number of unbranched alkanes of at least 4 members (excludes halogenated alkanes) is 12. The van der Waals surface area contributed by atoms with Crippen LogP contribution in [0.3, 0.4) is 0 Å². The second-order valence-electron chi connectivity index (χ2n) is 15.0.